The highest BCUT2D eigenvalue weighted by Gasteiger charge is 2.55. The van der Waals surface area contributed by atoms with E-state index in [1.165, 1.54) is 12.0 Å². The number of methoxy groups -OCH3 is 1. The Labute approximate surface area is 367 Å². The van der Waals surface area contributed by atoms with E-state index in [4.69, 9.17) is 14.2 Å². The van der Waals surface area contributed by atoms with Crippen LogP contribution in [0.25, 0.3) is 0 Å². The first-order valence-corrected chi connectivity index (χ1v) is 25.1. The fourth-order valence-corrected chi connectivity index (χ4v) is 15.6. The van der Waals surface area contributed by atoms with Gasteiger partial charge in [-0.15, -0.1) is 47.0 Å². The van der Waals surface area contributed by atoms with Gasteiger partial charge < -0.3 is 39.8 Å². The molecular weight excluding hydrogens is 837 g/mol. The number of carbonyl (C=O) groups is 6. The van der Waals surface area contributed by atoms with E-state index in [9.17, 15) is 33.9 Å². The lowest BCUT2D eigenvalue weighted by Gasteiger charge is -2.34. The molecule has 2 aliphatic carbocycles. The molecule has 59 heavy (non-hydrogen) atoms. The zero-order valence-corrected chi connectivity index (χ0v) is 39.1. The molecule has 0 aromatic heterocycles. The van der Waals surface area contributed by atoms with Gasteiger partial charge >= 0.3 is 24.1 Å². The van der Waals surface area contributed by atoms with Gasteiger partial charge in [-0.25, -0.2) is 19.2 Å². The second-order valence-corrected chi connectivity index (χ2v) is 24.9. The Morgan fingerprint density at radius 3 is 1.31 bits per heavy atom. The molecule has 2 unspecified atom stereocenters. The third-order valence-corrected chi connectivity index (χ3v) is 18.5. The number of amides is 4. The Morgan fingerprint density at radius 2 is 0.966 bits per heavy atom. The first-order chi connectivity index (χ1) is 27.7. The predicted octanol–water partition coefficient (Wildman–Crippen LogP) is 6.73. The number of ether oxygens (including phenoxy) is 3. The monoisotopic (exact) mass is 902 g/mol. The van der Waals surface area contributed by atoms with Crippen LogP contribution in [0, 0.1) is 11.8 Å². The van der Waals surface area contributed by atoms with Crippen LogP contribution in [0.3, 0.4) is 0 Å². The maximum absolute atomic E-state index is 13.7. The Kier molecular flexibility index (Phi) is 16.5. The van der Waals surface area contributed by atoms with Gasteiger partial charge in [0.15, 0.2) is 0 Å². The highest BCUT2D eigenvalue weighted by Crippen LogP contribution is 2.53. The number of hydrogen-bond donors (Lipinski definition) is 3. The summed E-state index contributed by atoms with van der Waals surface area (Å²) in [6.45, 7) is 11.7. The van der Waals surface area contributed by atoms with Crippen LogP contribution in [0.1, 0.15) is 119 Å². The molecule has 6 aliphatic rings. The van der Waals surface area contributed by atoms with Gasteiger partial charge in [0.2, 0.25) is 11.8 Å². The van der Waals surface area contributed by atoms with Gasteiger partial charge in [0.05, 0.1) is 15.3 Å². The van der Waals surface area contributed by atoms with Crippen molar-refractivity contribution in [3.05, 3.63) is 0 Å². The molecule has 14 nitrogen and oxygen atoms in total. The number of carboxylic acid groups (broad SMARTS) is 1. The van der Waals surface area contributed by atoms with Gasteiger partial charge in [-0.05, 0) is 79.1 Å². The van der Waals surface area contributed by atoms with E-state index in [0.29, 0.717) is 25.9 Å². The number of likely N-dealkylation sites (tertiary alicyclic amines) is 2. The molecule has 0 bridgehead atoms. The summed E-state index contributed by atoms with van der Waals surface area (Å²) in [5.41, 5.74) is -1.31. The number of aliphatic carboxylic acids is 1. The predicted molar refractivity (Wildman–Crippen MR) is 235 cm³/mol. The summed E-state index contributed by atoms with van der Waals surface area (Å²) in [5.74, 6) is 2.23. The van der Waals surface area contributed by atoms with Gasteiger partial charge in [-0.1, -0.05) is 38.5 Å². The van der Waals surface area contributed by atoms with Crippen molar-refractivity contribution in [2.24, 2.45) is 11.8 Å². The van der Waals surface area contributed by atoms with Crippen LogP contribution in [0.5, 0.6) is 0 Å². The normalized spacial score (nSPS) is 25.5. The number of nitrogens with one attached hydrogen (secondary N) is 2. The molecule has 2 spiro atoms. The SMILES string of the molecule is CC(C)(C)OC(=O)NC(C(=O)N1CC2(C[C@H]1C(=O)O)SCCS2)C1CCCCC1.COC(=O)[C@@H]1CC2(CN1C(=O)C(NC(=O)OC(C)(C)C)C1CCCCC1)SCCS2. The summed E-state index contributed by atoms with van der Waals surface area (Å²) in [7, 11) is 1.36. The lowest BCUT2D eigenvalue weighted by atomic mass is 9.83. The molecule has 4 aliphatic heterocycles. The van der Waals surface area contributed by atoms with E-state index in [2.05, 4.69) is 10.6 Å². The van der Waals surface area contributed by atoms with E-state index >= 15 is 0 Å². The Bertz CT molecular complexity index is 1520. The molecule has 6 rings (SSSR count). The third kappa shape index (κ3) is 12.9. The second-order valence-electron chi connectivity index (χ2n) is 18.5. The Balaban J connectivity index is 0.000000224. The number of esters is 1. The first-order valence-electron chi connectivity index (χ1n) is 21.2. The van der Waals surface area contributed by atoms with Gasteiger partial charge in [-0.2, -0.15) is 0 Å². The van der Waals surface area contributed by atoms with Crippen molar-refractivity contribution in [3.63, 3.8) is 0 Å². The van der Waals surface area contributed by atoms with Gasteiger partial charge in [-0.3, -0.25) is 9.59 Å². The molecule has 4 atom stereocenters. The molecule has 0 aromatic carbocycles. The number of rotatable bonds is 8. The summed E-state index contributed by atoms with van der Waals surface area (Å²) < 4.78 is 15.5. The van der Waals surface area contributed by atoms with Crippen molar-refractivity contribution in [3.8, 4) is 0 Å². The number of alkyl carbamates (subject to hydrolysis) is 2. The largest absolute Gasteiger partial charge is 0.480 e. The third-order valence-electron chi connectivity index (χ3n) is 11.7. The Hall–Kier alpha value is -2.18. The van der Waals surface area contributed by atoms with Gasteiger partial charge in [0.25, 0.3) is 0 Å². The topological polar surface area (TPSA) is 181 Å². The van der Waals surface area contributed by atoms with Crippen molar-refractivity contribution in [1.29, 1.82) is 0 Å². The molecule has 3 N–H and O–H groups in total. The van der Waals surface area contributed by atoms with Crippen molar-refractivity contribution >= 4 is 83.0 Å². The van der Waals surface area contributed by atoms with E-state index < -0.39 is 53.5 Å². The van der Waals surface area contributed by atoms with Crippen LogP contribution >= 0.6 is 47.0 Å². The zero-order valence-electron chi connectivity index (χ0n) is 35.8. The van der Waals surface area contributed by atoms with Crippen molar-refractivity contribution < 1.29 is 48.1 Å². The molecule has 0 radical (unpaired) electrons. The fourth-order valence-electron chi connectivity index (χ4n) is 9.04. The minimum Gasteiger partial charge on any atom is -0.480 e. The van der Waals surface area contributed by atoms with E-state index in [1.807, 2.05) is 23.5 Å². The summed E-state index contributed by atoms with van der Waals surface area (Å²) in [6, 6.07) is -2.86. The van der Waals surface area contributed by atoms with Crippen molar-refractivity contribution in [2.75, 3.05) is 43.2 Å². The number of nitrogens with zero attached hydrogens (tertiary/aromatic N) is 2. The molecule has 18 heteroatoms. The average molecular weight is 903 g/mol. The molecule has 4 amide bonds. The molecule has 4 saturated heterocycles. The van der Waals surface area contributed by atoms with Crippen LogP contribution in [0.2, 0.25) is 0 Å². The van der Waals surface area contributed by atoms with Crippen molar-refractivity contribution in [2.45, 2.75) is 162 Å². The molecule has 0 aromatic rings. The molecule has 4 heterocycles. The minimum atomic E-state index is -0.969. The summed E-state index contributed by atoms with van der Waals surface area (Å²) in [4.78, 5) is 80.0. The number of carboxylic acids is 1. The van der Waals surface area contributed by atoms with Crippen LogP contribution in [0.4, 0.5) is 9.59 Å². The zero-order chi connectivity index (χ0) is 43.2. The first kappa shape index (κ1) is 47.9. The van der Waals surface area contributed by atoms with Gasteiger partial charge in [0, 0.05) is 48.9 Å². The number of carbonyl (C=O) groups excluding carboxylic acids is 5. The van der Waals surface area contributed by atoms with E-state index in [-0.39, 0.29) is 37.8 Å². The van der Waals surface area contributed by atoms with Crippen LogP contribution in [-0.2, 0) is 33.4 Å². The highest BCUT2D eigenvalue weighted by atomic mass is 32.2. The minimum absolute atomic E-state index is 0.0126. The molecular formula is C41H66N4O10S4. The number of thioether (sulfide) groups is 4. The highest BCUT2D eigenvalue weighted by molar-refractivity contribution is 8.21. The second kappa shape index (κ2) is 20.3. The van der Waals surface area contributed by atoms with Gasteiger partial charge in [0.1, 0.15) is 35.4 Å². The summed E-state index contributed by atoms with van der Waals surface area (Å²) in [6.07, 6.45) is 9.71. The molecule has 2 saturated carbocycles. The standard InChI is InChI=1S/C21H34N2O5S2.C20H32N2O5S2/c1-20(2,3)28-19(26)22-16(14-8-6-5-7-9-14)17(24)23-13-21(29-10-11-30-21)12-15(23)18(25)27-4;1-19(2,3)27-18(26)21-15(13-7-5-4-6-8-13)16(23)22-12-20(28-9-10-29-20)11-14(22)17(24)25/h14-16H,5-13H2,1-4H3,(H,22,26);13-15H,4-12H2,1-3H3,(H,21,26)(H,24,25)/t15-,16?;14-,15?/m00/s1. The van der Waals surface area contributed by atoms with Crippen LogP contribution in [-0.4, -0.2) is 138 Å². The fraction of sp³-hybridized carbons (Fsp3) is 0.854. The van der Waals surface area contributed by atoms with Crippen LogP contribution in [0.15, 0.2) is 0 Å². The molecule has 6 fully saturated rings. The van der Waals surface area contributed by atoms with E-state index in [0.717, 1.165) is 87.2 Å². The van der Waals surface area contributed by atoms with Crippen molar-refractivity contribution in [1.82, 2.24) is 20.4 Å². The number of hydrogen-bond acceptors (Lipinski definition) is 13. The van der Waals surface area contributed by atoms with E-state index in [1.54, 1.807) is 70.0 Å². The quantitative estimate of drug-likeness (QED) is 0.172. The molecule has 334 valence electrons. The summed E-state index contributed by atoms with van der Waals surface area (Å²) >= 11 is 7.16. The average Bonchev–Trinajstić information content (AvgIpc) is 4.00. The lowest BCUT2D eigenvalue weighted by Crippen LogP contribution is -2.55. The summed E-state index contributed by atoms with van der Waals surface area (Å²) in [5, 5.41) is 15.4. The lowest BCUT2D eigenvalue weighted by molar-refractivity contribution is -0.152. The maximum atomic E-state index is 13.7. The smallest absolute Gasteiger partial charge is 0.408 e. The maximum Gasteiger partial charge on any atom is 0.408 e. The Morgan fingerprint density at radius 1 is 0.610 bits per heavy atom. The van der Waals surface area contributed by atoms with Crippen LogP contribution < -0.4 is 10.6 Å².